The molecule has 0 radical (unpaired) electrons. The molecule has 1 aromatic rings. The van der Waals surface area contributed by atoms with E-state index in [-0.39, 0.29) is 0 Å². The summed E-state index contributed by atoms with van der Waals surface area (Å²) in [5, 5.41) is 3.40. The lowest BCUT2D eigenvalue weighted by molar-refractivity contribution is 0.764. The Bertz CT molecular complexity index is 230. The van der Waals surface area contributed by atoms with Gasteiger partial charge in [-0.15, -0.1) is 0 Å². The van der Waals surface area contributed by atoms with Crippen LogP contribution in [0.4, 0.5) is 5.69 Å². The number of rotatable bonds is 3. The van der Waals surface area contributed by atoms with Gasteiger partial charge in [-0.2, -0.15) is 0 Å². The highest BCUT2D eigenvalue weighted by atomic mass is 79.9. The normalized spacial score (nSPS) is 12.6. The van der Waals surface area contributed by atoms with E-state index >= 15 is 0 Å². The van der Waals surface area contributed by atoms with Gasteiger partial charge in [0.2, 0.25) is 0 Å². The second-order valence-electron chi connectivity index (χ2n) is 2.96. The Morgan fingerprint density at radius 2 is 1.92 bits per heavy atom. The van der Waals surface area contributed by atoms with Gasteiger partial charge < -0.3 is 5.32 Å². The third kappa shape index (κ3) is 2.86. The molecule has 0 saturated carbocycles. The topological polar surface area (TPSA) is 12.0 Å². The first-order chi connectivity index (χ1) is 5.72. The lowest BCUT2D eigenvalue weighted by Crippen LogP contribution is -2.12. The average Bonchev–Trinajstić information content (AvgIpc) is 2.09. The van der Waals surface area contributed by atoms with Gasteiger partial charge >= 0.3 is 0 Å². The van der Waals surface area contributed by atoms with Crippen molar-refractivity contribution in [3.63, 3.8) is 0 Å². The zero-order valence-electron chi connectivity index (χ0n) is 7.47. The van der Waals surface area contributed by atoms with Crippen molar-refractivity contribution in [3.05, 3.63) is 28.7 Å². The van der Waals surface area contributed by atoms with Gasteiger partial charge in [0.15, 0.2) is 0 Å². The van der Waals surface area contributed by atoms with Gasteiger partial charge in [0.05, 0.1) is 0 Å². The summed E-state index contributed by atoms with van der Waals surface area (Å²) in [5.41, 5.74) is 1.19. The Hall–Kier alpha value is -0.500. The third-order valence-electron chi connectivity index (χ3n) is 1.87. The Morgan fingerprint density at radius 1 is 1.33 bits per heavy atom. The number of halogens is 1. The molecule has 66 valence electrons. The Kier molecular flexibility index (Phi) is 3.60. The fourth-order valence-electron chi connectivity index (χ4n) is 0.933. The Morgan fingerprint density at radius 3 is 2.42 bits per heavy atom. The molecule has 12 heavy (non-hydrogen) atoms. The first-order valence-corrected chi connectivity index (χ1v) is 5.03. The van der Waals surface area contributed by atoms with Crippen molar-refractivity contribution in [2.45, 2.75) is 26.3 Å². The van der Waals surface area contributed by atoms with Crippen LogP contribution in [0.3, 0.4) is 0 Å². The average molecular weight is 228 g/mol. The number of benzene rings is 1. The second kappa shape index (κ2) is 4.51. The summed E-state index contributed by atoms with van der Waals surface area (Å²) >= 11 is 3.40. The molecule has 0 spiro atoms. The number of hydrogen-bond acceptors (Lipinski definition) is 1. The highest BCUT2D eigenvalue weighted by molar-refractivity contribution is 9.10. The van der Waals surface area contributed by atoms with Gasteiger partial charge in [-0.05, 0) is 37.6 Å². The van der Waals surface area contributed by atoms with E-state index in [1.165, 1.54) is 5.69 Å². The second-order valence-corrected chi connectivity index (χ2v) is 3.88. The molecule has 1 atom stereocenters. The summed E-state index contributed by atoms with van der Waals surface area (Å²) in [7, 11) is 0. The van der Waals surface area contributed by atoms with E-state index < -0.39 is 0 Å². The van der Waals surface area contributed by atoms with Crippen molar-refractivity contribution in [1.82, 2.24) is 0 Å². The molecule has 0 fully saturated rings. The molecule has 0 aliphatic heterocycles. The first-order valence-electron chi connectivity index (χ1n) is 4.24. The third-order valence-corrected chi connectivity index (χ3v) is 2.40. The molecule has 0 saturated heterocycles. The van der Waals surface area contributed by atoms with Crippen LogP contribution in [0.2, 0.25) is 0 Å². The number of nitrogens with one attached hydrogen (secondary N) is 1. The molecule has 1 rings (SSSR count). The minimum atomic E-state index is 0.547. The van der Waals surface area contributed by atoms with Crippen LogP contribution in [0.15, 0.2) is 28.7 Å². The maximum Gasteiger partial charge on any atom is 0.0342 e. The van der Waals surface area contributed by atoms with E-state index in [1.54, 1.807) is 0 Å². The van der Waals surface area contributed by atoms with Crippen molar-refractivity contribution in [2.75, 3.05) is 5.32 Å². The van der Waals surface area contributed by atoms with Gasteiger partial charge in [-0.3, -0.25) is 0 Å². The van der Waals surface area contributed by atoms with Crippen LogP contribution in [0.25, 0.3) is 0 Å². The summed E-state index contributed by atoms with van der Waals surface area (Å²) in [6.07, 6.45) is 1.15. The van der Waals surface area contributed by atoms with Crippen LogP contribution in [-0.4, -0.2) is 6.04 Å². The van der Waals surface area contributed by atoms with Gasteiger partial charge in [-0.1, -0.05) is 22.9 Å². The summed E-state index contributed by atoms with van der Waals surface area (Å²) in [6.45, 7) is 4.36. The van der Waals surface area contributed by atoms with Crippen LogP contribution in [-0.2, 0) is 0 Å². The van der Waals surface area contributed by atoms with Crippen LogP contribution in [0, 0.1) is 0 Å². The molecule has 0 aliphatic rings. The summed E-state index contributed by atoms with van der Waals surface area (Å²) < 4.78 is 1.12. The fourth-order valence-corrected chi connectivity index (χ4v) is 1.20. The molecule has 1 aromatic carbocycles. The summed E-state index contributed by atoms with van der Waals surface area (Å²) in [4.78, 5) is 0. The van der Waals surface area contributed by atoms with E-state index in [9.17, 15) is 0 Å². The fraction of sp³-hybridized carbons (Fsp3) is 0.400. The number of hydrogen-bond donors (Lipinski definition) is 1. The van der Waals surface area contributed by atoms with E-state index in [2.05, 4.69) is 47.2 Å². The Balaban J connectivity index is 2.58. The molecule has 2 heteroatoms. The summed E-state index contributed by atoms with van der Waals surface area (Å²) in [6, 6.07) is 8.80. The zero-order valence-corrected chi connectivity index (χ0v) is 9.06. The molecule has 0 bridgehead atoms. The molecule has 0 amide bonds. The maximum atomic E-state index is 3.40. The summed E-state index contributed by atoms with van der Waals surface area (Å²) in [5.74, 6) is 0. The quantitative estimate of drug-likeness (QED) is 0.832. The van der Waals surface area contributed by atoms with Crippen LogP contribution >= 0.6 is 15.9 Å². The predicted molar refractivity (Wildman–Crippen MR) is 57.5 cm³/mol. The molecule has 1 unspecified atom stereocenters. The molecule has 0 heterocycles. The minimum absolute atomic E-state index is 0.547. The molecule has 0 aromatic heterocycles. The number of anilines is 1. The van der Waals surface area contributed by atoms with Gasteiger partial charge in [0.1, 0.15) is 0 Å². The van der Waals surface area contributed by atoms with Crippen molar-refractivity contribution < 1.29 is 0 Å². The van der Waals surface area contributed by atoms with Gasteiger partial charge in [0, 0.05) is 16.2 Å². The van der Waals surface area contributed by atoms with Crippen LogP contribution in [0.5, 0.6) is 0 Å². The maximum absolute atomic E-state index is 3.40. The highest BCUT2D eigenvalue weighted by Gasteiger charge is 1.97. The SMILES string of the molecule is CCC(C)Nc1ccc(Br)cc1. The minimum Gasteiger partial charge on any atom is -0.383 e. The van der Waals surface area contributed by atoms with E-state index in [0.717, 1.165) is 10.9 Å². The van der Waals surface area contributed by atoms with E-state index in [4.69, 9.17) is 0 Å². The van der Waals surface area contributed by atoms with Crippen molar-refractivity contribution >= 4 is 21.6 Å². The lowest BCUT2D eigenvalue weighted by atomic mass is 10.2. The molecule has 1 N–H and O–H groups in total. The van der Waals surface area contributed by atoms with Gasteiger partial charge in [0.25, 0.3) is 0 Å². The zero-order chi connectivity index (χ0) is 8.97. The standard InChI is InChI=1S/C10H14BrN/c1-3-8(2)12-10-6-4-9(11)5-7-10/h4-8,12H,3H2,1-2H3. The van der Waals surface area contributed by atoms with Gasteiger partial charge in [-0.25, -0.2) is 0 Å². The smallest absolute Gasteiger partial charge is 0.0342 e. The van der Waals surface area contributed by atoms with E-state index in [0.29, 0.717) is 6.04 Å². The molecule has 0 aliphatic carbocycles. The van der Waals surface area contributed by atoms with Crippen molar-refractivity contribution in [3.8, 4) is 0 Å². The monoisotopic (exact) mass is 227 g/mol. The van der Waals surface area contributed by atoms with Crippen molar-refractivity contribution in [1.29, 1.82) is 0 Å². The van der Waals surface area contributed by atoms with Crippen LogP contribution < -0.4 is 5.32 Å². The largest absolute Gasteiger partial charge is 0.383 e. The Labute approximate surface area is 82.3 Å². The first kappa shape index (κ1) is 9.59. The molecular weight excluding hydrogens is 214 g/mol. The highest BCUT2D eigenvalue weighted by Crippen LogP contribution is 2.15. The van der Waals surface area contributed by atoms with E-state index in [1.807, 2.05) is 12.1 Å². The molecular formula is C10H14BrN. The predicted octanol–water partition coefficient (Wildman–Crippen LogP) is 3.66. The lowest BCUT2D eigenvalue weighted by Gasteiger charge is -2.12. The molecule has 1 nitrogen and oxygen atoms in total. The van der Waals surface area contributed by atoms with Crippen LogP contribution in [0.1, 0.15) is 20.3 Å². The van der Waals surface area contributed by atoms with Crippen molar-refractivity contribution in [2.24, 2.45) is 0 Å².